The van der Waals surface area contributed by atoms with Gasteiger partial charge in [-0.2, -0.15) is 13.2 Å². The second kappa shape index (κ2) is 7.83. The Morgan fingerprint density at radius 1 is 1.15 bits per heavy atom. The molecule has 0 saturated carbocycles. The van der Waals surface area contributed by atoms with Crippen LogP contribution in [0.3, 0.4) is 0 Å². The van der Waals surface area contributed by atoms with Gasteiger partial charge in [-0.1, -0.05) is 11.6 Å². The van der Waals surface area contributed by atoms with Crippen LogP contribution in [0.5, 0.6) is 0 Å². The zero-order valence-electron chi connectivity index (χ0n) is 14.3. The van der Waals surface area contributed by atoms with Crippen molar-refractivity contribution in [2.45, 2.75) is 20.0 Å². The summed E-state index contributed by atoms with van der Waals surface area (Å²) in [5, 5.41) is 16.0. The van der Waals surface area contributed by atoms with E-state index in [2.05, 4.69) is 10.6 Å². The van der Waals surface area contributed by atoms with Crippen molar-refractivity contribution in [2.75, 3.05) is 17.2 Å². The fourth-order valence-electron chi connectivity index (χ4n) is 2.40. The van der Waals surface area contributed by atoms with E-state index in [0.717, 1.165) is 18.2 Å². The predicted molar refractivity (Wildman–Crippen MR) is 96.1 cm³/mol. The minimum absolute atomic E-state index is 0.0431. The third-order valence-electron chi connectivity index (χ3n) is 3.75. The smallest absolute Gasteiger partial charge is 0.376 e. The maximum Gasteiger partial charge on any atom is 0.416 e. The molecule has 0 saturated heterocycles. The van der Waals surface area contributed by atoms with Gasteiger partial charge in [-0.15, -0.1) is 0 Å². The number of hydrogen-bond donors (Lipinski definition) is 2. The minimum Gasteiger partial charge on any atom is -0.376 e. The summed E-state index contributed by atoms with van der Waals surface area (Å²) in [5.74, 6) is -0.654. The number of anilines is 2. The van der Waals surface area contributed by atoms with Crippen LogP contribution in [0, 0.1) is 24.0 Å². The molecule has 0 aliphatic heterocycles. The molecule has 2 N–H and O–H groups in total. The van der Waals surface area contributed by atoms with Gasteiger partial charge in [0, 0.05) is 17.3 Å². The first-order chi connectivity index (χ1) is 12.5. The molecule has 2 rings (SSSR count). The maximum absolute atomic E-state index is 12.8. The summed E-state index contributed by atoms with van der Waals surface area (Å²) in [6.45, 7) is 2.99. The fourth-order valence-corrected chi connectivity index (χ4v) is 2.56. The zero-order valence-corrected chi connectivity index (χ0v) is 15.0. The van der Waals surface area contributed by atoms with Gasteiger partial charge in [-0.05, 0) is 43.7 Å². The number of carbonyl (C=O) groups excluding carboxylic acids is 1. The normalized spacial score (nSPS) is 11.2. The van der Waals surface area contributed by atoms with Crippen LogP contribution in [-0.4, -0.2) is 17.4 Å². The number of halogens is 4. The van der Waals surface area contributed by atoms with Gasteiger partial charge in [0.15, 0.2) is 0 Å². The minimum atomic E-state index is -4.57. The lowest BCUT2D eigenvalue weighted by atomic mass is 10.1. The summed E-state index contributed by atoms with van der Waals surface area (Å²) in [7, 11) is 0. The molecule has 0 aromatic heterocycles. The second-order valence-corrected chi connectivity index (χ2v) is 6.21. The molecular weight excluding hydrogens is 387 g/mol. The number of carbonyl (C=O) groups is 1. The SMILES string of the molecule is Cc1cc(C)c([N+](=O)[O-])cc1NCC(=O)Nc1cc(C(F)(F)F)ccc1Cl. The van der Waals surface area contributed by atoms with E-state index >= 15 is 0 Å². The zero-order chi connectivity index (χ0) is 20.4. The van der Waals surface area contributed by atoms with Crippen molar-refractivity contribution in [3.63, 3.8) is 0 Å². The van der Waals surface area contributed by atoms with Crippen LogP contribution in [0.1, 0.15) is 16.7 Å². The van der Waals surface area contributed by atoms with Gasteiger partial charge < -0.3 is 10.6 Å². The van der Waals surface area contributed by atoms with Crippen molar-refractivity contribution < 1.29 is 22.9 Å². The molecule has 0 aliphatic rings. The summed E-state index contributed by atoms with van der Waals surface area (Å²) < 4.78 is 38.3. The molecule has 27 heavy (non-hydrogen) atoms. The first-order valence-corrected chi connectivity index (χ1v) is 8.03. The summed E-state index contributed by atoms with van der Waals surface area (Å²) in [6.07, 6.45) is -4.57. The quantitative estimate of drug-likeness (QED) is 0.549. The molecule has 0 radical (unpaired) electrons. The fraction of sp³-hybridized carbons (Fsp3) is 0.235. The molecule has 0 atom stereocenters. The standard InChI is InChI=1S/C17H15ClF3N3O3/c1-9-5-10(2)15(24(26)27)7-13(9)22-8-16(25)23-14-6-11(17(19,20)21)3-4-12(14)18/h3-7,22H,8H2,1-2H3,(H,23,25). The Morgan fingerprint density at radius 3 is 2.41 bits per heavy atom. The molecule has 0 aliphatic carbocycles. The summed E-state index contributed by atoms with van der Waals surface area (Å²) in [5.41, 5.74) is 0.304. The van der Waals surface area contributed by atoms with Crippen molar-refractivity contribution >= 4 is 34.6 Å². The Hall–Kier alpha value is -2.81. The molecule has 0 spiro atoms. The highest BCUT2D eigenvalue weighted by atomic mass is 35.5. The van der Waals surface area contributed by atoms with Crippen LogP contribution in [0.2, 0.25) is 5.02 Å². The maximum atomic E-state index is 12.8. The van der Waals surface area contributed by atoms with E-state index in [9.17, 15) is 28.1 Å². The lowest BCUT2D eigenvalue weighted by Gasteiger charge is -2.13. The Kier molecular flexibility index (Phi) is 5.94. The molecule has 0 unspecified atom stereocenters. The molecule has 6 nitrogen and oxygen atoms in total. The molecule has 144 valence electrons. The molecule has 1 amide bonds. The van der Waals surface area contributed by atoms with Gasteiger partial charge in [-0.25, -0.2) is 0 Å². The monoisotopic (exact) mass is 401 g/mol. The van der Waals surface area contributed by atoms with Gasteiger partial charge in [0.25, 0.3) is 5.69 Å². The first kappa shape index (κ1) is 20.5. The lowest BCUT2D eigenvalue weighted by Crippen LogP contribution is -2.22. The van der Waals surface area contributed by atoms with E-state index in [-0.39, 0.29) is 22.9 Å². The molecular formula is C17H15ClF3N3O3. The number of hydrogen-bond acceptors (Lipinski definition) is 4. The molecule has 0 fully saturated rings. The number of benzene rings is 2. The molecule has 0 bridgehead atoms. The van der Waals surface area contributed by atoms with Crippen molar-refractivity contribution in [1.82, 2.24) is 0 Å². The second-order valence-electron chi connectivity index (χ2n) is 5.80. The van der Waals surface area contributed by atoms with Crippen LogP contribution in [0.15, 0.2) is 30.3 Å². The van der Waals surface area contributed by atoms with Crippen molar-refractivity contribution in [3.8, 4) is 0 Å². The van der Waals surface area contributed by atoms with Gasteiger partial charge >= 0.3 is 6.18 Å². The molecule has 10 heteroatoms. The highest BCUT2D eigenvalue weighted by Gasteiger charge is 2.31. The number of nitro groups is 1. The van der Waals surface area contributed by atoms with Crippen molar-refractivity contribution in [1.29, 1.82) is 0 Å². The van der Waals surface area contributed by atoms with Gasteiger partial charge in [-0.3, -0.25) is 14.9 Å². The Bertz CT molecular complexity index is 901. The van der Waals surface area contributed by atoms with Crippen LogP contribution in [-0.2, 0) is 11.0 Å². The number of rotatable bonds is 5. The third kappa shape index (κ3) is 5.10. The summed E-state index contributed by atoms with van der Waals surface area (Å²) in [4.78, 5) is 22.5. The summed E-state index contributed by atoms with van der Waals surface area (Å²) in [6, 6.07) is 5.49. The number of aryl methyl sites for hydroxylation is 2. The van der Waals surface area contributed by atoms with Crippen LogP contribution >= 0.6 is 11.6 Å². The number of nitrogens with zero attached hydrogens (tertiary/aromatic N) is 1. The largest absolute Gasteiger partial charge is 0.416 e. The van der Waals surface area contributed by atoms with Crippen LogP contribution in [0.25, 0.3) is 0 Å². The van der Waals surface area contributed by atoms with E-state index in [0.29, 0.717) is 16.8 Å². The number of amides is 1. The lowest BCUT2D eigenvalue weighted by molar-refractivity contribution is -0.385. The number of nitro benzene ring substituents is 1. The Labute approximate surface area is 157 Å². The number of nitrogens with one attached hydrogen (secondary N) is 2. The average Bonchev–Trinajstić information content (AvgIpc) is 2.54. The van der Waals surface area contributed by atoms with Crippen LogP contribution < -0.4 is 10.6 Å². The van der Waals surface area contributed by atoms with Gasteiger partial charge in [0.05, 0.1) is 27.7 Å². The predicted octanol–water partition coefficient (Wildman–Crippen LogP) is 4.93. The molecule has 2 aromatic carbocycles. The van der Waals surface area contributed by atoms with Gasteiger partial charge in [0.1, 0.15) is 0 Å². The average molecular weight is 402 g/mol. The Balaban J connectivity index is 2.12. The van der Waals surface area contributed by atoms with Gasteiger partial charge in [0.2, 0.25) is 5.91 Å². The first-order valence-electron chi connectivity index (χ1n) is 7.65. The van der Waals surface area contributed by atoms with E-state index in [4.69, 9.17) is 11.6 Å². The van der Waals surface area contributed by atoms with E-state index in [1.54, 1.807) is 19.9 Å². The molecule has 0 heterocycles. The topological polar surface area (TPSA) is 84.3 Å². The summed E-state index contributed by atoms with van der Waals surface area (Å²) >= 11 is 5.83. The molecule has 2 aromatic rings. The number of alkyl halides is 3. The Morgan fingerprint density at radius 2 is 1.81 bits per heavy atom. The van der Waals surface area contributed by atoms with Crippen molar-refractivity contribution in [2.24, 2.45) is 0 Å². The van der Waals surface area contributed by atoms with E-state index < -0.39 is 22.6 Å². The van der Waals surface area contributed by atoms with E-state index in [1.807, 2.05) is 0 Å². The van der Waals surface area contributed by atoms with Crippen LogP contribution in [0.4, 0.5) is 30.2 Å². The highest BCUT2D eigenvalue weighted by Crippen LogP contribution is 2.33. The third-order valence-corrected chi connectivity index (χ3v) is 4.08. The van der Waals surface area contributed by atoms with E-state index in [1.165, 1.54) is 6.07 Å². The van der Waals surface area contributed by atoms with Crippen molar-refractivity contribution in [3.05, 3.63) is 62.2 Å². The highest BCUT2D eigenvalue weighted by molar-refractivity contribution is 6.33.